The van der Waals surface area contributed by atoms with Crippen LogP contribution in [-0.2, 0) is 31.1 Å². The van der Waals surface area contributed by atoms with E-state index in [1.54, 1.807) is 7.05 Å². The van der Waals surface area contributed by atoms with Crippen LogP contribution in [0, 0.1) is 6.92 Å². The van der Waals surface area contributed by atoms with E-state index in [0.717, 1.165) is 21.6 Å². The average molecular weight is 427 g/mol. The number of nitrogens with one attached hydrogen (secondary N) is 2. The van der Waals surface area contributed by atoms with Gasteiger partial charge in [0.25, 0.3) is 0 Å². The number of guanidine groups is 1. The Morgan fingerprint density at radius 2 is 1.87 bits per heavy atom. The molecule has 2 N–H and O–H groups in total. The van der Waals surface area contributed by atoms with Crippen LogP contribution in [0.4, 0.5) is 13.2 Å². The van der Waals surface area contributed by atoms with Crippen LogP contribution in [0.15, 0.2) is 29.4 Å². The number of nitrogens with zero attached hydrogens (tertiary/aromatic N) is 3. The summed E-state index contributed by atoms with van der Waals surface area (Å²) in [4.78, 5) is 4.08. The Morgan fingerprint density at radius 1 is 1.17 bits per heavy atom. The Kier molecular flexibility index (Phi) is 8.52. The summed E-state index contributed by atoms with van der Waals surface area (Å²) < 4.78 is 51.5. The number of rotatable bonds is 9. The first kappa shape index (κ1) is 23.5. The second kappa shape index (κ2) is 10.9. The second-order valence-electron chi connectivity index (χ2n) is 6.61. The van der Waals surface area contributed by atoms with E-state index in [9.17, 15) is 13.2 Å². The van der Waals surface area contributed by atoms with Crippen LogP contribution in [0.3, 0.4) is 0 Å². The molecule has 0 bridgehead atoms. The zero-order valence-corrected chi connectivity index (χ0v) is 17.6. The fourth-order valence-corrected chi connectivity index (χ4v) is 2.78. The lowest BCUT2D eigenvalue weighted by atomic mass is 10.1. The zero-order valence-electron chi connectivity index (χ0n) is 17.6. The van der Waals surface area contributed by atoms with Gasteiger partial charge in [-0.05, 0) is 25.5 Å². The Morgan fingerprint density at radius 3 is 2.50 bits per heavy atom. The van der Waals surface area contributed by atoms with Gasteiger partial charge in [0, 0.05) is 51.1 Å². The van der Waals surface area contributed by atoms with Crippen molar-refractivity contribution in [2.45, 2.75) is 33.1 Å². The Hall–Kier alpha value is -2.75. The van der Waals surface area contributed by atoms with Crippen LogP contribution < -0.4 is 15.4 Å². The van der Waals surface area contributed by atoms with Crippen molar-refractivity contribution >= 4 is 5.96 Å². The maximum atomic E-state index is 13.1. The predicted octanol–water partition coefficient (Wildman–Crippen LogP) is 3.03. The fraction of sp³-hybridized carbons (Fsp3) is 0.500. The molecule has 0 amide bonds. The van der Waals surface area contributed by atoms with Crippen LogP contribution in [0.5, 0.6) is 5.75 Å². The Bertz CT molecular complexity index is 849. The topological polar surface area (TPSA) is 72.7 Å². The molecule has 0 saturated heterocycles. The van der Waals surface area contributed by atoms with Gasteiger partial charge in [0.1, 0.15) is 12.4 Å². The van der Waals surface area contributed by atoms with E-state index in [4.69, 9.17) is 9.47 Å². The molecule has 0 saturated carbocycles. The van der Waals surface area contributed by atoms with E-state index in [1.807, 2.05) is 32.0 Å². The SMILES string of the molecule is CCOCCOc1cc(C)ccc1CNC(=NC)NCc1cn(C)nc1C(F)(F)F. The summed E-state index contributed by atoms with van der Waals surface area (Å²) in [5, 5.41) is 9.50. The maximum absolute atomic E-state index is 13.1. The maximum Gasteiger partial charge on any atom is 0.435 e. The molecule has 166 valence electrons. The third-order valence-electron chi connectivity index (χ3n) is 4.20. The highest BCUT2D eigenvalue weighted by Gasteiger charge is 2.36. The van der Waals surface area contributed by atoms with E-state index in [2.05, 4.69) is 20.7 Å². The third-order valence-corrected chi connectivity index (χ3v) is 4.20. The Labute approximate surface area is 174 Å². The highest BCUT2D eigenvalue weighted by atomic mass is 19.4. The minimum atomic E-state index is -4.51. The van der Waals surface area contributed by atoms with Gasteiger partial charge in [-0.15, -0.1) is 0 Å². The molecule has 30 heavy (non-hydrogen) atoms. The van der Waals surface area contributed by atoms with Crippen LogP contribution in [0.1, 0.15) is 29.3 Å². The molecule has 2 rings (SSSR count). The summed E-state index contributed by atoms with van der Waals surface area (Å²) in [6, 6.07) is 5.84. The molecule has 10 heteroatoms. The van der Waals surface area contributed by atoms with E-state index in [-0.39, 0.29) is 12.1 Å². The molecule has 0 fully saturated rings. The zero-order chi connectivity index (χ0) is 22.1. The van der Waals surface area contributed by atoms with E-state index in [0.29, 0.717) is 32.3 Å². The van der Waals surface area contributed by atoms with Crippen molar-refractivity contribution in [3.8, 4) is 5.75 Å². The van der Waals surface area contributed by atoms with Crippen LogP contribution in [0.2, 0.25) is 0 Å². The second-order valence-corrected chi connectivity index (χ2v) is 6.61. The highest BCUT2D eigenvalue weighted by molar-refractivity contribution is 5.79. The number of aryl methyl sites for hydroxylation is 2. The van der Waals surface area contributed by atoms with Gasteiger partial charge in [0.2, 0.25) is 0 Å². The van der Waals surface area contributed by atoms with Crippen molar-refractivity contribution in [1.29, 1.82) is 0 Å². The lowest BCUT2D eigenvalue weighted by molar-refractivity contribution is -0.142. The summed E-state index contributed by atoms with van der Waals surface area (Å²) in [6.07, 6.45) is -3.17. The number of aliphatic imine (C=N–C) groups is 1. The highest BCUT2D eigenvalue weighted by Crippen LogP contribution is 2.30. The first-order valence-electron chi connectivity index (χ1n) is 9.58. The first-order chi connectivity index (χ1) is 14.2. The van der Waals surface area contributed by atoms with E-state index in [1.165, 1.54) is 13.2 Å². The van der Waals surface area contributed by atoms with Crippen molar-refractivity contribution in [3.63, 3.8) is 0 Å². The smallest absolute Gasteiger partial charge is 0.435 e. The third kappa shape index (κ3) is 6.94. The number of halogens is 3. The van der Waals surface area contributed by atoms with Gasteiger partial charge in [-0.25, -0.2) is 0 Å². The molecule has 7 nitrogen and oxygen atoms in total. The molecule has 0 aliphatic heterocycles. The van der Waals surface area contributed by atoms with Gasteiger partial charge in [0.05, 0.1) is 6.61 Å². The van der Waals surface area contributed by atoms with Crippen LogP contribution in [-0.4, -0.2) is 42.6 Å². The van der Waals surface area contributed by atoms with Gasteiger partial charge in [-0.2, -0.15) is 18.3 Å². The van der Waals surface area contributed by atoms with Gasteiger partial charge in [-0.1, -0.05) is 12.1 Å². The molecular formula is C20H28F3N5O2. The molecule has 0 aliphatic carbocycles. The lowest BCUT2D eigenvalue weighted by Gasteiger charge is -2.16. The lowest BCUT2D eigenvalue weighted by Crippen LogP contribution is -2.36. The predicted molar refractivity (Wildman–Crippen MR) is 108 cm³/mol. The minimum Gasteiger partial charge on any atom is -0.491 e. The van der Waals surface area contributed by atoms with Gasteiger partial charge >= 0.3 is 6.18 Å². The van der Waals surface area contributed by atoms with Gasteiger partial charge < -0.3 is 20.1 Å². The number of ether oxygens (including phenoxy) is 2. The molecule has 0 radical (unpaired) electrons. The summed E-state index contributed by atoms with van der Waals surface area (Å²) in [5.74, 6) is 1.09. The van der Waals surface area contributed by atoms with Gasteiger partial charge in [0.15, 0.2) is 11.7 Å². The number of benzene rings is 1. The number of hydrogen-bond donors (Lipinski definition) is 2. The summed E-state index contributed by atoms with van der Waals surface area (Å²) in [5.41, 5.74) is 1.10. The molecule has 1 aromatic heterocycles. The molecule has 1 aromatic carbocycles. The van der Waals surface area contributed by atoms with E-state index >= 15 is 0 Å². The molecule has 0 spiro atoms. The van der Waals surface area contributed by atoms with Gasteiger partial charge in [-0.3, -0.25) is 9.67 Å². The van der Waals surface area contributed by atoms with Crippen molar-refractivity contribution in [2.24, 2.45) is 12.0 Å². The molecule has 0 aliphatic rings. The monoisotopic (exact) mass is 427 g/mol. The summed E-state index contributed by atoms with van der Waals surface area (Å²) in [6.45, 7) is 5.77. The number of alkyl halides is 3. The number of hydrogen-bond acceptors (Lipinski definition) is 4. The Balaban J connectivity index is 1.98. The quantitative estimate of drug-likeness (QED) is 0.366. The van der Waals surface area contributed by atoms with Crippen LogP contribution >= 0.6 is 0 Å². The number of aromatic nitrogens is 2. The first-order valence-corrected chi connectivity index (χ1v) is 9.58. The molecule has 2 aromatic rings. The van der Waals surface area contributed by atoms with Crippen molar-refractivity contribution in [1.82, 2.24) is 20.4 Å². The molecular weight excluding hydrogens is 399 g/mol. The van der Waals surface area contributed by atoms with E-state index < -0.39 is 11.9 Å². The molecule has 0 unspecified atom stereocenters. The summed E-state index contributed by atoms with van der Waals surface area (Å²) >= 11 is 0. The minimum absolute atomic E-state index is 0.0447. The molecule has 0 atom stereocenters. The normalized spacial score (nSPS) is 12.2. The average Bonchev–Trinajstić information content (AvgIpc) is 3.07. The fourth-order valence-electron chi connectivity index (χ4n) is 2.78. The summed E-state index contributed by atoms with van der Waals surface area (Å²) in [7, 11) is 3.01. The van der Waals surface area contributed by atoms with Crippen molar-refractivity contribution in [3.05, 3.63) is 46.8 Å². The molecule has 1 heterocycles. The van der Waals surface area contributed by atoms with Crippen LogP contribution in [0.25, 0.3) is 0 Å². The van der Waals surface area contributed by atoms with Crippen molar-refractivity contribution in [2.75, 3.05) is 26.9 Å². The van der Waals surface area contributed by atoms with Crippen molar-refractivity contribution < 1.29 is 22.6 Å². The standard InChI is InChI=1S/C20H28F3N5O2/c1-5-29-8-9-30-17-10-14(2)6-7-15(17)11-25-19(24-3)26-12-16-13-28(4)27-18(16)20(21,22)23/h6-7,10,13H,5,8-9,11-12H2,1-4H3,(H2,24,25,26). The largest absolute Gasteiger partial charge is 0.491 e.